The first-order chi connectivity index (χ1) is 10.7. The maximum atomic E-state index is 12.0. The van der Waals surface area contributed by atoms with E-state index < -0.39 is 0 Å². The third-order valence-corrected chi connectivity index (χ3v) is 5.00. The summed E-state index contributed by atoms with van der Waals surface area (Å²) in [5.41, 5.74) is 0.589. The second-order valence-corrected chi connectivity index (χ2v) is 6.95. The van der Waals surface area contributed by atoms with Crippen molar-refractivity contribution in [3.63, 3.8) is 0 Å². The van der Waals surface area contributed by atoms with Gasteiger partial charge in [0.1, 0.15) is 11.9 Å². The molecular formula is C16H19BrN4O. The lowest BCUT2D eigenvalue weighted by Gasteiger charge is -2.35. The highest BCUT2D eigenvalue weighted by Crippen LogP contribution is 2.27. The Bertz CT molecular complexity index is 601. The van der Waals surface area contributed by atoms with Gasteiger partial charge in [0.05, 0.1) is 5.56 Å². The van der Waals surface area contributed by atoms with E-state index in [0.29, 0.717) is 5.56 Å². The summed E-state index contributed by atoms with van der Waals surface area (Å²) in [6, 6.07) is 4.26. The number of rotatable bonds is 3. The number of piperidine rings is 1. The maximum Gasteiger partial charge on any atom is 0.223 e. The van der Waals surface area contributed by atoms with Crippen molar-refractivity contribution in [2.45, 2.75) is 38.1 Å². The molecule has 0 atom stereocenters. The smallest absolute Gasteiger partial charge is 0.223 e. The first-order valence-corrected chi connectivity index (χ1v) is 8.57. The number of anilines is 1. The predicted molar refractivity (Wildman–Crippen MR) is 87.4 cm³/mol. The summed E-state index contributed by atoms with van der Waals surface area (Å²) in [7, 11) is 0. The van der Waals surface area contributed by atoms with E-state index in [1.165, 1.54) is 6.42 Å². The van der Waals surface area contributed by atoms with Gasteiger partial charge < -0.3 is 10.2 Å². The van der Waals surface area contributed by atoms with Crippen LogP contribution in [0.5, 0.6) is 0 Å². The standard InChI is InChI=1S/C16H19BrN4O/c17-13-8-12(9-18)15(19-10-13)21-6-4-14(5-7-21)20-16(22)11-2-1-3-11/h8,10-11,14H,1-7H2,(H,20,22). The molecule has 1 aliphatic carbocycles. The number of aromatic nitrogens is 1. The van der Waals surface area contributed by atoms with Gasteiger partial charge in [-0.1, -0.05) is 6.42 Å². The molecule has 22 heavy (non-hydrogen) atoms. The van der Waals surface area contributed by atoms with Gasteiger partial charge in [0.2, 0.25) is 5.91 Å². The van der Waals surface area contributed by atoms with Gasteiger partial charge >= 0.3 is 0 Å². The van der Waals surface area contributed by atoms with Crippen LogP contribution in [0, 0.1) is 17.2 Å². The zero-order valence-electron chi connectivity index (χ0n) is 12.4. The van der Waals surface area contributed by atoms with Crippen LogP contribution >= 0.6 is 15.9 Å². The van der Waals surface area contributed by atoms with Crippen molar-refractivity contribution in [3.8, 4) is 6.07 Å². The lowest BCUT2D eigenvalue weighted by molar-refractivity contribution is -0.128. The van der Waals surface area contributed by atoms with Crippen molar-refractivity contribution in [1.82, 2.24) is 10.3 Å². The summed E-state index contributed by atoms with van der Waals surface area (Å²) in [4.78, 5) is 18.5. The van der Waals surface area contributed by atoms with Gasteiger partial charge in [0.25, 0.3) is 0 Å². The van der Waals surface area contributed by atoms with Gasteiger partial charge in [-0.05, 0) is 47.7 Å². The molecule has 0 unspecified atom stereocenters. The minimum Gasteiger partial charge on any atom is -0.355 e. The monoisotopic (exact) mass is 362 g/mol. The largest absolute Gasteiger partial charge is 0.355 e. The number of pyridine rings is 1. The zero-order chi connectivity index (χ0) is 15.5. The first-order valence-electron chi connectivity index (χ1n) is 7.78. The van der Waals surface area contributed by atoms with Crippen molar-refractivity contribution < 1.29 is 4.79 Å². The van der Waals surface area contributed by atoms with Gasteiger partial charge in [-0.15, -0.1) is 0 Å². The summed E-state index contributed by atoms with van der Waals surface area (Å²) in [6.45, 7) is 1.64. The molecule has 1 N–H and O–H groups in total. The van der Waals surface area contributed by atoms with Crippen LogP contribution in [0.3, 0.4) is 0 Å². The summed E-state index contributed by atoms with van der Waals surface area (Å²) in [6.07, 6.45) is 6.80. The van der Waals surface area contributed by atoms with Gasteiger partial charge in [0, 0.05) is 35.7 Å². The Morgan fingerprint density at radius 1 is 1.36 bits per heavy atom. The molecule has 6 heteroatoms. The van der Waals surface area contributed by atoms with Crippen LogP contribution in [0.2, 0.25) is 0 Å². The van der Waals surface area contributed by atoms with E-state index in [1.54, 1.807) is 12.3 Å². The Morgan fingerprint density at radius 2 is 2.09 bits per heavy atom. The molecule has 0 radical (unpaired) electrons. The lowest BCUT2D eigenvalue weighted by atomic mass is 9.84. The number of amides is 1. The molecule has 5 nitrogen and oxygen atoms in total. The van der Waals surface area contributed by atoms with Gasteiger partial charge in [0.15, 0.2) is 0 Å². The number of nitrogens with zero attached hydrogens (tertiary/aromatic N) is 3. The Kier molecular flexibility index (Phi) is 4.63. The number of carbonyl (C=O) groups is 1. The molecule has 1 aromatic rings. The molecule has 0 spiro atoms. The third kappa shape index (κ3) is 3.25. The van der Waals surface area contributed by atoms with E-state index in [2.05, 4.69) is 37.2 Å². The van der Waals surface area contributed by atoms with E-state index in [9.17, 15) is 10.1 Å². The van der Waals surface area contributed by atoms with Crippen molar-refractivity contribution in [1.29, 1.82) is 5.26 Å². The average molecular weight is 363 g/mol. The van der Waals surface area contributed by atoms with E-state index in [1.807, 2.05) is 0 Å². The number of hydrogen-bond acceptors (Lipinski definition) is 4. The Labute approximate surface area is 138 Å². The van der Waals surface area contributed by atoms with Crippen LogP contribution in [0.1, 0.15) is 37.7 Å². The Morgan fingerprint density at radius 3 is 2.68 bits per heavy atom. The highest BCUT2D eigenvalue weighted by Gasteiger charge is 2.29. The van der Waals surface area contributed by atoms with Gasteiger partial charge in [-0.25, -0.2) is 4.98 Å². The molecule has 1 aliphatic heterocycles. The normalized spacial score (nSPS) is 19.4. The van der Waals surface area contributed by atoms with Gasteiger partial charge in [-0.2, -0.15) is 5.26 Å². The summed E-state index contributed by atoms with van der Waals surface area (Å²) in [5, 5.41) is 12.4. The third-order valence-electron chi connectivity index (χ3n) is 4.57. The van der Waals surface area contributed by atoms with Crippen molar-refractivity contribution in [3.05, 3.63) is 22.3 Å². The molecule has 2 heterocycles. The molecule has 3 rings (SSSR count). The molecule has 116 valence electrons. The quantitative estimate of drug-likeness (QED) is 0.896. The highest BCUT2D eigenvalue weighted by molar-refractivity contribution is 9.10. The number of nitriles is 1. The highest BCUT2D eigenvalue weighted by atomic mass is 79.9. The van der Waals surface area contributed by atoms with E-state index in [0.717, 1.165) is 49.1 Å². The molecule has 1 aromatic heterocycles. The molecule has 1 saturated heterocycles. The van der Waals surface area contributed by atoms with E-state index in [4.69, 9.17) is 0 Å². The van der Waals surface area contributed by atoms with Crippen LogP contribution in [0.25, 0.3) is 0 Å². The zero-order valence-corrected chi connectivity index (χ0v) is 14.0. The topological polar surface area (TPSA) is 69.0 Å². The summed E-state index contributed by atoms with van der Waals surface area (Å²) < 4.78 is 0.815. The Hall–Kier alpha value is -1.61. The van der Waals surface area contributed by atoms with Crippen LogP contribution in [-0.2, 0) is 4.79 Å². The van der Waals surface area contributed by atoms with Crippen LogP contribution in [-0.4, -0.2) is 30.0 Å². The van der Waals surface area contributed by atoms with Gasteiger partial charge in [-0.3, -0.25) is 4.79 Å². The molecule has 2 fully saturated rings. The fraction of sp³-hybridized carbons (Fsp3) is 0.562. The van der Waals surface area contributed by atoms with E-state index >= 15 is 0 Å². The molecule has 0 bridgehead atoms. The number of hydrogen-bond donors (Lipinski definition) is 1. The van der Waals surface area contributed by atoms with Crippen molar-refractivity contribution >= 4 is 27.7 Å². The second-order valence-electron chi connectivity index (χ2n) is 6.03. The van der Waals surface area contributed by atoms with Crippen molar-refractivity contribution in [2.24, 2.45) is 5.92 Å². The van der Waals surface area contributed by atoms with Crippen LogP contribution < -0.4 is 10.2 Å². The summed E-state index contributed by atoms with van der Waals surface area (Å²) in [5.74, 6) is 1.22. The molecule has 1 saturated carbocycles. The maximum absolute atomic E-state index is 12.0. The van der Waals surface area contributed by atoms with Crippen LogP contribution in [0.4, 0.5) is 5.82 Å². The minimum absolute atomic E-state index is 0.226. The lowest BCUT2D eigenvalue weighted by Crippen LogP contribution is -2.47. The molecule has 2 aliphatic rings. The number of carbonyl (C=O) groups excluding carboxylic acids is 1. The fourth-order valence-electron chi connectivity index (χ4n) is 2.99. The average Bonchev–Trinajstić information content (AvgIpc) is 2.46. The molecule has 0 aromatic carbocycles. The van der Waals surface area contributed by atoms with E-state index in [-0.39, 0.29) is 17.9 Å². The minimum atomic E-state index is 0.226. The second kappa shape index (κ2) is 6.66. The number of nitrogens with one attached hydrogen (secondary N) is 1. The van der Waals surface area contributed by atoms with Crippen molar-refractivity contribution in [2.75, 3.05) is 18.0 Å². The Balaban J connectivity index is 1.57. The first kappa shape index (κ1) is 15.3. The predicted octanol–water partition coefficient (Wildman–Crippen LogP) is 2.60. The number of halogens is 1. The van der Waals surface area contributed by atoms with Crippen LogP contribution in [0.15, 0.2) is 16.7 Å². The molecular weight excluding hydrogens is 344 g/mol. The summed E-state index contributed by atoms with van der Waals surface area (Å²) >= 11 is 3.34. The molecule has 1 amide bonds. The fourth-order valence-corrected chi connectivity index (χ4v) is 3.32. The SMILES string of the molecule is N#Cc1cc(Br)cnc1N1CCC(NC(=O)C2CCC2)CC1.